The minimum Gasteiger partial charge on any atom is -0.334 e. The lowest BCUT2D eigenvalue weighted by Crippen LogP contribution is -2.24. The van der Waals surface area contributed by atoms with Crippen molar-refractivity contribution < 1.29 is 9.45 Å². The minimum absolute atomic E-state index is 0. The molecule has 1 atom stereocenters. The van der Waals surface area contributed by atoms with Crippen LogP contribution in [-0.2, 0) is 6.42 Å². The molecule has 0 radical (unpaired) electrons. The van der Waals surface area contributed by atoms with Crippen LogP contribution in [0.3, 0.4) is 0 Å². The maximum atomic E-state index is 11.0. The Bertz CT molecular complexity index is 633. The average Bonchev–Trinajstić information content (AvgIpc) is 2.86. The van der Waals surface area contributed by atoms with Gasteiger partial charge in [-0.15, -0.1) is 12.4 Å². The van der Waals surface area contributed by atoms with E-state index in [9.17, 15) is 10.1 Å². The van der Waals surface area contributed by atoms with Crippen LogP contribution < -0.4 is 5.32 Å². The molecule has 9 heteroatoms. The molecule has 1 N–H and O–H groups in total. The summed E-state index contributed by atoms with van der Waals surface area (Å²) in [5.74, 6) is 0.577. The van der Waals surface area contributed by atoms with Gasteiger partial charge in [0.25, 0.3) is 11.6 Å². The number of likely N-dealkylation sites (N-methyl/N-ethyl adjacent to an activating group) is 1. The van der Waals surface area contributed by atoms with Crippen LogP contribution in [0.2, 0.25) is 5.02 Å². The number of nitro groups is 1. The first-order valence-electron chi connectivity index (χ1n) is 5.95. The summed E-state index contributed by atoms with van der Waals surface area (Å²) >= 11 is 5.86. The number of halogens is 2. The highest BCUT2D eigenvalue weighted by molar-refractivity contribution is 6.31. The standard InChI is InChI=1S/C12H13ClN4O3.ClH/c1-7(14-2)5-11-15-12(20-16-11)9-6-8(13)3-4-10(9)17(18)19;/h3-4,6-7,14H,5H2,1-2H3;1H. The Morgan fingerprint density at radius 3 is 2.86 bits per heavy atom. The minimum atomic E-state index is -0.508. The second-order valence-corrected chi connectivity index (χ2v) is 4.76. The fourth-order valence-electron chi connectivity index (χ4n) is 1.66. The molecule has 0 saturated heterocycles. The van der Waals surface area contributed by atoms with Gasteiger partial charge in [0.2, 0.25) is 0 Å². The fraction of sp³-hybridized carbons (Fsp3) is 0.333. The van der Waals surface area contributed by atoms with Crippen molar-refractivity contribution in [2.75, 3.05) is 7.05 Å². The lowest BCUT2D eigenvalue weighted by molar-refractivity contribution is -0.384. The van der Waals surface area contributed by atoms with Crippen LogP contribution in [0.4, 0.5) is 5.69 Å². The largest absolute Gasteiger partial charge is 0.334 e. The van der Waals surface area contributed by atoms with E-state index in [4.69, 9.17) is 16.1 Å². The zero-order valence-corrected chi connectivity index (χ0v) is 12.9. The lowest BCUT2D eigenvalue weighted by Gasteiger charge is -2.04. The Hall–Kier alpha value is -1.70. The Labute approximate surface area is 132 Å². The number of rotatable bonds is 5. The molecule has 0 saturated carbocycles. The number of benzene rings is 1. The highest BCUT2D eigenvalue weighted by Gasteiger charge is 2.21. The number of nitro benzene ring substituents is 1. The van der Waals surface area contributed by atoms with E-state index in [0.717, 1.165) is 0 Å². The van der Waals surface area contributed by atoms with Crippen molar-refractivity contribution in [3.8, 4) is 11.5 Å². The van der Waals surface area contributed by atoms with E-state index in [1.807, 2.05) is 14.0 Å². The molecule has 0 bridgehead atoms. The molecule has 0 spiro atoms. The molecule has 2 rings (SSSR count). The van der Waals surface area contributed by atoms with Gasteiger partial charge < -0.3 is 9.84 Å². The molecule has 114 valence electrons. The number of hydrogen-bond donors (Lipinski definition) is 1. The van der Waals surface area contributed by atoms with Gasteiger partial charge in [-0.3, -0.25) is 10.1 Å². The van der Waals surface area contributed by atoms with Gasteiger partial charge in [-0.25, -0.2) is 0 Å². The quantitative estimate of drug-likeness (QED) is 0.668. The third kappa shape index (κ3) is 4.13. The van der Waals surface area contributed by atoms with E-state index in [2.05, 4.69) is 15.5 Å². The van der Waals surface area contributed by atoms with Gasteiger partial charge >= 0.3 is 0 Å². The second kappa shape index (κ2) is 7.35. The van der Waals surface area contributed by atoms with E-state index in [0.29, 0.717) is 17.3 Å². The van der Waals surface area contributed by atoms with Gasteiger partial charge in [0, 0.05) is 23.6 Å². The Morgan fingerprint density at radius 2 is 2.24 bits per heavy atom. The SMILES string of the molecule is CNC(C)Cc1noc(-c2cc(Cl)ccc2[N+](=O)[O-])n1.Cl. The van der Waals surface area contributed by atoms with Gasteiger partial charge in [0.05, 0.1) is 4.92 Å². The topological polar surface area (TPSA) is 94.1 Å². The van der Waals surface area contributed by atoms with Crippen molar-refractivity contribution >= 4 is 29.7 Å². The van der Waals surface area contributed by atoms with Gasteiger partial charge in [0.1, 0.15) is 5.56 Å². The molecule has 7 nitrogen and oxygen atoms in total. The Balaban J connectivity index is 0.00000220. The van der Waals surface area contributed by atoms with E-state index in [-0.39, 0.29) is 35.6 Å². The van der Waals surface area contributed by atoms with Crippen molar-refractivity contribution in [3.05, 3.63) is 39.2 Å². The highest BCUT2D eigenvalue weighted by atomic mass is 35.5. The molecule has 21 heavy (non-hydrogen) atoms. The van der Waals surface area contributed by atoms with Crippen molar-refractivity contribution in [2.24, 2.45) is 0 Å². The molecule has 0 aliphatic rings. The van der Waals surface area contributed by atoms with E-state index in [1.165, 1.54) is 18.2 Å². The monoisotopic (exact) mass is 332 g/mol. The van der Waals surface area contributed by atoms with Crippen LogP contribution in [0.1, 0.15) is 12.7 Å². The smallest absolute Gasteiger partial charge is 0.282 e. The number of nitrogens with zero attached hydrogens (tertiary/aromatic N) is 3. The fourth-order valence-corrected chi connectivity index (χ4v) is 1.83. The first kappa shape index (κ1) is 17.4. The molecular weight excluding hydrogens is 319 g/mol. The lowest BCUT2D eigenvalue weighted by atomic mass is 10.2. The molecular formula is C12H14Cl2N4O3. The Kier molecular flexibility index (Phi) is 6.07. The summed E-state index contributed by atoms with van der Waals surface area (Å²) in [6.45, 7) is 1.97. The third-order valence-electron chi connectivity index (χ3n) is 2.84. The van der Waals surface area contributed by atoms with E-state index < -0.39 is 4.92 Å². The summed E-state index contributed by atoms with van der Waals surface area (Å²) in [7, 11) is 1.83. The summed E-state index contributed by atoms with van der Waals surface area (Å²) in [6.07, 6.45) is 0.564. The number of aromatic nitrogens is 2. The zero-order chi connectivity index (χ0) is 14.7. The molecule has 0 fully saturated rings. The zero-order valence-electron chi connectivity index (χ0n) is 11.4. The third-order valence-corrected chi connectivity index (χ3v) is 3.07. The second-order valence-electron chi connectivity index (χ2n) is 4.33. The molecule has 1 unspecified atom stereocenters. The van der Waals surface area contributed by atoms with Crippen molar-refractivity contribution in [1.82, 2.24) is 15.5 Å². The number of hydrogen-bond acceptors (Lipinski definition) is 6. The molecule has 0 aliphatic carbocycles. The molecule has 1 aromatic carbocycles. The number of nitrogens with one attached hydrogen (secondary N) is 1. The van der Waals surface area contributed by atoms with E-state index >= 15 is 0 Å². The van der Waals surface area contributed by atoms with E-state index in [1.54, 1.807) is 0 Å². The van der Waals surface area contributed by atoms with Crippen LogP contribution >= 0.6 is 24.0 Å². The van der Waals surface area contributed by atoms with Gasteiger partial charge in [-0.2, -0.15) is 4.98 Å². The molecule has 2 aromatic rings. The van der Waals surface area contributed by atoms with Crippen LogP contribution in [-0.4, -0.2) is 28.2 Å². The summed E-state index contributed by atoms with van der Waals surface area (Å²) in [5.41, 5.74) is 0.102. The van der Waals surface area contributed by atoms with Crippen LogP contribution in [0.5, 0.6) is 0 Å². The summed E-state index contributed by atoms with van der Waals surface area (Å²) in [4.78, 5) is 14.7. The summed E-state index contributed by atoms with van der Waals surface area (Å²) in [5, 5.41) is 18.2. The van der Waals surface area contributed by atoms with Crippen molar-refractivity contribution in [2.45, 2.75) is 19.4 Å². The summed E-state index contributed by atoms with van der Waals surface area (Å²) in [6, 6.07) is 4.38. The maximum absolute atomic E-state index is 11.0. The normalized spacial score (nSPS) is 11.8. The maximum Gasteiger partial charge on any atom is 0.282 e. The van der Waals surface area contributed by atoms with Crippen LogP contribution in [0.15, 0.2) is 22.7 Å². The first-order chi connectivity index (χ1) is 9.51. The van der Waals surface area contributed by atoms with Crippen LogP contribution in [0, 0.1) is 10.1 Å². The average molecular weight is 333 g/mol. The van der Waals surface area contributed by atoms with Gasteiger partial charge in [-0.05, 0) is 26.1 Å². The molecule has 0 aliphatic heterocycles. The van der Waals surface area contributed by atoms with Gasteiger partial charge in [0.15, 0.2) is 5.82 Å². The molecule has 1 heterocycles. The predicted octanol–water partition coefficient (Wildman–Crippen LogP) is 2.87. The highest BCUT2D eigenvalue weighted by Crippen LogP contribution is 2.31. The van der Waals surface area contributed by atoms with Crippen molar-refractivity contribution in [3.63, 3.8) is 0 Å². The van der Waals surface area contributed by atoms with Crippen molar-refractivity contribution in [1.29, 1.82) is 0 Å². The first-order valence-corrected chi connectivity index (χ1v) is 6.33. The predicted molar refractivity (Wildman–Crippen MR) is 80.9 cm³/mol. The summed E-state index contributed by atoms with van der Waals surface area (Å²) < 4.78 is 5.09. The molecule has 0 amide bonds. The Morgan fingerprint density at radius 1 is 1.52 bits per heavy atom. The van der Waals surface area contributed by atoms with Gasteiger partial charge in [-0.1, -0.05) is 16.8 Å². The molecule has 1 aromatic heterocycles. The van der Waals surface area contributed by atoms with Crippen LogP contribution in [0.25, 0.3) is 11.5 Å².